The van der Waals surface area contributed by atoms with E-state index in [4.69, 9.17) is 10.5 Å². The van der Waals surface area contributed by atoms with Gasteiger partial charge >= 0.3 is 6.09 Å². The van der Waals surface area contributed by atoms with E-state index in [1.165, 1.54) is 23.1 Å². The summed E-state index contributed by atoms with van der Waals surface area (Å²) in [5.74, 6) is 0.389. The molecule has 0 saturated carbocycles. The number of carbonyl (C=O) groups excluding carboxylic acids is 3. The number of nitrogens with two attached hydrogens (primary N) is 1. The molecule has 0 bridgehead atoms. The van der Waals surface area contributed by atoms with Crippen LogP contribution < -0.4 is 5.73 Å². The fourth-order valence-corrected chi connectivity index (χ4v) is 4.67. The standard InChI is InChI=1S/C20H28N6O4S2/c1-20(2,3)30-19(29)25-10-8-24(9-11-25)16(28)13-32-18-23-22-17(14-5-4-12-31-14)26(18)7-6-15(21)27/h4-5,12H,6-11,13H2,1-3H3,(H2,21,27). The Labute approximate surface area is 195 Å². The van der Waals surface area contributed by atoms with Gasteiger partial charge in [0, 0.05) is 39.1 Å². The number of hydrogen-bond acceptors (Lipinski definition) is 8. The Morgan fingerprint density at radius 3 is 2.44 bits per heavy atom. The number of aromatic nitrogens is 3. The molecule has 0 atom stereocenters. The number of nitrogens with zero attached hydrogens (tertiary/aromatic N) is 5. The minimum atomic E-state index is -0.549. The second-order valence-corrected chi connectivity index (χ2v) is 10.2. The van der Waals surface area contributed by atoms with Crippen molar-refractivity contribution in [3.8, 4) is 10.7 Å². The van der Waals surface area contributed by atoms with Gasteiger partial charge in [-0.1, -0.05) is 17.8 Å². The normalized spacial score (nSPS) is 14.5. The average molecular weight is 481 g/mol. The summed E-state index contributed by atoms with van der Waals surface area (Å²) in [6.07, 6.45) is -0.201. The van der Waals surface area contributed by atoms with E-state index >= 15 is 0 Å². The van der Waals surface area contributed by atoms with E-state index in [9.17, 15) is 14.4 Å². The molecule has 0 radical (unpaired) electrons. The van der Waals surface area contributed by atoms with Crippen LogP contribution in [0, 0.1) is 0 Å². The van der Waals surface area contributed by atoms with Gasteiger partial charge < -0.3 is 24.8 Å². The maximum atomic E-state index is 12.7. The molecule has 1 fully saturated rings. The molecular formula is C20H28N6O4S2. The summed E-state index contributed by atoms with van der Waals surface area (Å²) in [7, 11) is 0. The molecule has 1 saturated heterocycles. The predicted molar refractivity (Wildman–Crippen MR) is 122 cm³/mol. The summed E-state index contributed by atoms with van der Waals surface area (Å²) in [5, 5.41) is 11.0. The van der Waals surface area contributed by atoms with E-state index in [-0.39, 0.29) is 24.2 Å². The van der Waals surface area contributed by atoms with Gasteiger partial charge in [0.25, 0.3) is 0 Å². The Morgan fingerprint density at radius 2 is 1.84 bits per heavy atom. The van der Waals surface area contributed by atoms with Crippen molar-refractivity contribution in [2.75, 3.05) is 31.9 Å². The Hall–Kier alpha value is -2.60. The third-order valence-corrected chi connectivity index (χ3v) is 6.47. The molecular weight excluding hydrogens is 452 g/mol. The van der Waals surface area contributed by atoms with Crippen molar-refractivity contribution in [2.45, 2.75) is 44.5 Å². The lowest BCUT2D eigenvalue weighted by Crippen LogP contribution is -2.52. The van der Waals surface area contributed by atoms with Gasteiger partial charge in [0.2, 0.25) is 11.8 Å². The molecule has 0 aliphatic carbocycles. The SMILES string of the molecule is CC(C)(C)OC(=O)N1CCN(C(=O)CSc2nnc(-c3cccs3)n2CCC(N)=O)CC1. The van der Waals surface area contributed by atoms with E-state index in [0.717, 1.165) is 4.88 Å². The van der Waals surface area contributed by atoms with Crippen LogP contribution >= 0.6 is 23.1 Å². The van der Waals surface area contributed by atoms with E-state index in [1.807, 2.05) is 42.9 Å². The first-order chi connectivity index (χ1) is 15.1. The van der Waals surface area contributed by atoms with Crippen molar-refractivity contribution in [3.63, 3.8) is 0 Å². The molecule has 10 nitrogen and oxygen atoms in total. The topological polar surface area (TPSA) is 124 Å². The summed E-state index contributed by atoms with van der Waals surface area (Å²) < 4.78 is 7.22. The summed E-state index contributed by atoms with van der Waals surface area (Å²) in [5.41, 5.74) is 4.77. The molecule has 3 amide bonds. The minimum absolute atomic E-state index is 0.0408. The zero-order valence-electron chi connectivity index (χ0n) is 18.4. The number of amides is 3. The smallest absolute Gasteiger partial charge is 0.410 e. The van der Waals surface area contributed by atoms with Gasteiger partial charge in [0.1, 0.15) is 5.60 Å². The molecule has 0 unspecified atom stereocenters. The lowest BCUT2D eigenvalue weighted by atomic mass is 10.2. The van der Waals surface area contributed by atoms with Crippen molar-refractivity contribution in [1.29, 1.82) is 0 Å². The minimum Gasteiger partial charge on any atom is -0.444 e. The first-order valence-corrected chi connectivity index (χ1v) is 12.1. The van der Waals surface area contributed by atoms with Crippen LogP contribution in [0.15, 0.2) is 22.7 Å². The Balaban J connectivity index is 1.57. The average Bonchev–Trinajstić information content (AvgIpc) is 3.38. The molecule has 1 aliphatic rings. The highest BCUT2D eigenvalue weighted by atomic mass is 32.2. The molecule has 0 spiro atoms. The summed E-state index contributed by atoms with van der Waals surface area (Å²) in [6.45, 7) is 7.60. The largest absolute Gasteiger partial charge is 0.444 e. The monoisotopic (exact) mass is 480 g/mol. The molecule has 174 valence electrons. The Kier molecular flexibility index (Phi) is 7.77. The maximum absolute atomic E-state index is 12.7. The van der Waals surface area contributed by atoms with Gasteiger partial charge in [-0.05, 0) is 32.2 Å². The number of piperazine rings is 1. The molecule has 3 rings (SSSR count). The molecule has 1 aliphatic heterocycles. The van der Waals surface area contributed by atoms with Gasteiger partial charge in [0.15, 0.2) is 11.0 Å². The number of thiophene rings is 1. The Morgan fingerprint density at radius 1 is 1.16 bits per heavy atom. The lowest BCUT2D eigenvalue weighted by molar-refractivity contribution is -0.130. The zero-order chi connectivity index (χ0) is 23.3. The van der Waals surface area contributed by atoms with Crippen LogP contribution in [-0.4, -0.2) is 80.0 Å². The highest BCUT2D eigenvalue weighted by Crippen LogP contribution is 2.27. The quantitative estimate of drug-likeness (QED) is 0.602. The van der Waals surface area contributed by atoms with Crippen LogP contribution in [0.4, 0.5) is 4.79 Å². The molecule has 0 aromatic carbocycles. The van der Waals surface area contributed by atoms with Crippen molar-refractivity contribution in [2.24, 2.45) is 5.73 Å². The molecule has 2 aromatic heterocycles. The third kappa shape index (κ3) is 6.45. The third-order valence-electron chi connectivity index (χ3n) is 4.65. The van der Waals surface area contributed by atoms with Crippen LogP contribution in [0.25, 0.3) is 10.7 Å². The second kappa shape index (κ2) is 10.3. The van der Waals surface area contributed by atoms with Crippen LogP contribution in [0.3, 0.4) is 0 Å². The molecule has 2 N–H and O–H groups in total. The fourth-order valence-electron chi connectivity index (χ4n) is 3.09. The molecule has 12 heteroatoms. The highest BCUT2D eigenvalue weighted by Gasteiger charge is 2.28. The lowest BCUT2D eigenvalue weighted by Gasteiger charge is -2.35. The maximum Gasteiger partial charge on any atom is 0.410 e. The van der Waals surface area contributed by atoms with Crippen LogP contribution in [0.5, 0.6) is 0 Å². The fraction of sp³-hybridized carbons (Fsp3) is 0.550. The van der Waals surface area contributed by atoms with Gasteiger partial charge in [-0.25, -0.2) is 4.79 Å². The first kappa shape index (κ1) is 24.1. The van der Waals surface area contributed by atoms with E-state index in [1.54, 1.807) is 9.80 Å². The summed E-state index contributed by atoms with van der Waals surface area (Å²) in [6, 6.07) is 3.85. The summed E-state index contributed by atoms with van der Waals surface area (Å²) in [4.78, 5) is 40.5. The van der Waals surface area contributed by atoms with Crippen molar-refractivity contribution >= 4 is 41.0 Å². The van der Waals surface area contributed by atoms with Crippen LogP contribution in [0.1, 0.15) is 27.2 Å². The van der Waals surface area contributed by atoms with Gasteiger partial charge in [-0.2, -0.15) is 0 Å². The van der Waals surface area contributed by atoms with Crippen molar-refractivity contribution in [1.82, 2.24) is 24.6 Å². The second-order valence-electron chi connectivity index (χ2n) is 8.29. The Bertz CT molecular complexity index is 946. The number of ether oxygens (including phenoxy) is 1. The van der Waals surface area contributed by atoms with Crippen LogP contribution in [0.2, 0.25) is 0 Å². The van der Waals surface area contributed by atoms with E-state index < -0.39 is 11.5 Å². The van der Waals surface area contributed by atoms with Gasteiger partial charge in [-0.15, -0.1) is 21.5 Å². The zero-order valence-corrected chi connectivity index (χ0v) is 20.1. The van der Waals surface area contributed by atoms with E-state index in [0.29, 0.717) is 43.7 Å². The predicted octanol–water partition coefficient (Wildman–Crippen LogP) is 2.05. The number of thioether (sulfide) groups is 1. The highest BCUT2D eigenvalue weighted by molar-refractivity contribution is 7.99. The van der Waals surface area contributed by atoms with E-state index in [2.05, 4.69) is 10.2 Å². The van der Waals surface area contributed by atoms with Crippen molar-refractivity contribution < 1.29 is 19.1 Å². The van der Waals surface area contributed by atoms with Crippen LogP contribution in [-0.2, 0) is 20.9 Å². The molecule has 2 aromatic rings. The van der Waals surface area contributed by atoms with Gasteiger partial charge in [-0.3, -0.25) is 9.59 Å². The number of primary amides is 1. The number of hydrogen-bond donors (Lipinski definition) is 1. The number of rotatable bonds is 7. The first-order valence-electron chi connectivity index (χ1n) is 10.3. The molecule has 3 heterocycles. The summed E-state index contributed by atoms with van der Waals surface area (Å²) >= 11 is 2.80. The van der Waals surface area contributed by atoms with Crippen molar-refractivity contribution in [3.05, 3.63) is 17.5 Å². The number of carbonyl (C=O) groups is 3. The molecule has 32 heavy (non-hydrogen) atoms. The van der Waals surface area contributed by atoms with Gasteiger partial charge in [0.05, 0.1) is 10.6 Å².